The minimum absolute atomic E-state index is 0.180. The monoisotopic (exact) mass is 276 g/mol. The van der Waals surface area contributed by atoms with Gasteiger partial charge in [0.25, 0.3) is 0 Å². The van der Waals surface area contributed by atoms with Crippen LogP contribution in [0.15, 0.2) is 29.8 Å². The normalized spacial score (nSPS) is 17.1. The summed E-state index contributed by atoms with van der Waals surface area (Å²) >= 11 is 0. The van der Waals surface area contributed by atoms with Gasteiger partial charge < -0.3 is 5.73 Å². The van der Waals surface area contributed by atoms with E-state index >= 15 is 0 Å². The van der Waals surface area contributed by atoms with Gasteiger partial charge in [-0.3, -0.25) is 4.90 Å². The number of benzene rings is 1. The van der Waals surface area contributed by atoms with Crippen molar-refractivity contribution >= 4 is 0 Å². The minimum atomic E-state index is -0.180. The summed E-state index contributed by atoms with van der Waals surface area (Å²) in [5.74, 6) is -0.180. The lowest BCUT2D eigenvalue weighted by Crippen LogP contribution is -2.31. The first-order chi connectivity index (χ1) is 9.40. The quantitative estimate of drug-likeness (QED) is 0.857. The van der Waals surface area contributed by atoms with E-state index in [1.807, 2.05) is 0 Å². The van der Waals surface area contributed by atoms with E-state index < -0.39 is 0 Å². The standard InChI is InChI=1S/C17H25FN2/c1-17(2,3)15-6-8-20(9-7-15)12-14-10-16(18)5-4-13(14)11-19/h4-6,10H,7-9,11-12,19H2,1-3H3. The van der Waals surface area contributed by atoms with E-state index in [0.717, 1.165) is 37.2 Å². The topological polar surface area (TPSA) is 29.3 Å². The molecular formula is C17H25FN2. The number of rotatable bonds is 3. The molecule has 110 valence electrons. The molecule has 1 heterocycles. The Kier molecular flexibility index (Phi) is 4.61. The Morgan fingerprint density at radius 1 is 1.25 bits per heavy atom. The van der Waals surface area contributed by atoms with Crippen molar-refractivity contribution in [2.75, 3.05) is 13.1 Å². The molecule has 0 aliphatic carbocycles. The van der Waals surface area contributed by atoms with Crippen LogP contribution in [0.3, 0.4) is 0 Å². The smallest absolute Gasteiger partial charge is 0.123 e. The molecule has 2 nitrogen and oxygen atoms in total. The fourth-order valence-electron chi connectivity index (χ4n) is 2.72. The van der Waals surface area contributed by atoms with Crippen molar-refractivity contribution in [3.8, 4) is 0 Å². The summed E-state index contributed by atoms with van der Waals surface area (Å²) in [6.45, 7) is 9.98. The zero-order valence-corrected chi connectivity index (χ0v) is 12.7. The maximum absolute atomic E-state index is 13.4. The van der Waals surface area contributed by atoms with Crippen molar-refractivity contribution in [2.45, 2.75) is 40.3 Å². The van der Waals surface area contributed by atoms with Gasteiger partial charge in [-0.05, 0) is 35.1 Å². The third-order valence-electron chi connectivity index (χ3n) is 4.04. The van der Waals surface area contributed by atoms with Crippen molar-refractivity contribution in [1.82, 2.24) is 4.90 Å². The van der Waals surface area contributed by atoms with Crippen LogP contribution in [0.1, 0.15) is 38.3 Å². The average molecular weight is 276 g/mol. The van der Waals surface area contributed by atoms with Crippen LogP contribution in [-0.2, 0) is 13.1 Å². The summed E-state index contributed by atoms with van der Waals surface area (Å²) in [6.07, 6.45) is 3.42. The summed E-state index contributed by atoms with van der Waals surface area (Å²) in [5.41, 5.74) is 9.56. The third kappa shape index (κ3) is 3.68. The van der Waals surface area contributed by atoms with Crippen molar-refractivity contribution in [1.29, 1.82) is 0 Å². The maximum Gasteiger partial charge on any atom is 0.123 e. The Morgan fingerprint density at radius 3 is 2.55 bits per heavy atom. The van der Waals surface area contributed by atoms with Gasteiger partial charge in [0.2, 0.25) is 0 Å². The zero-order chi connectivity index (χ0) is 14.8. The molecule has 1 aliphatic heterocycles. The Hall–Kier alpha value is -1.19. The lowest BCUT2D eigenvalue weighted by molar-refractivity contribution is 0.270. The van der Waals surface area contributed by atoms with Gasteiger partial charge in [-0.25, -0.2) is 4.39 Å². The highest BCUT2D eigenvalue weighted by molar-refractivity contribution is 5.28. The largest absolute Gasteiger partial charge is 0.326 e. The fraction of sp³-hybridized carbons (Fsp3) is 0.529. The van der Waals surface area contributed by atoms with Crippen LogP contribution >= 0.6 is 0 Å². The van der Waals surface area contributed by atoms with Crippen molar-refractivity contribution < 1.29 is 4.39 Å². The third-order valence-corrected chi connectivity index (χ3v) is 4.04. The molecule has 0 amide bonds. The van der Waals surface area contributed by atoms with Gasteiger partial charge in [-0.15, -0.1) is 0 Å². The molecule has 0 unspecified atom stereocenters. The van der Waals surface area contributed by atoms with Crippen molar-refractivity contribution in [3.05, 3.63) is 46.8 Å². The Balaban J connectivity index is 2.06. The summed E-state index contributed by atoms with van der Waals surface area (Å²) in [4.78, 5) is 2.35. The van der Waals surface area contributed by atoms with Gasteiger partial charge >= 0.3 is 0 Å². The van der Waals surface area contributed by atoms with Crippen LogP contribution in [0, 0.1) is 11.2 Å². The number of nitrogens with zero attached hydrogens (tertiary/aromatic N) is 1. The molecule has 0 spiro atoms. The zero-order valence-electron chi connectivity index (χ0n) is 12.7. The summed E-state index contributed by atoms with van der Waals surface area (Å²) in [6, 6.07) is 4.90. The average Bonchev–Trinajstić information content (AvgIpc) is 2.38. The Bertz CT molecular complexity index is 500. The van der Waals surface area contributed by atoms with E-state index in [1.54, 1.807) is 12.1 Å². The lowest BCUT2D eigenvalue weighted by atomic mass is 9.83. The second kappa shape index (κ2) is 6.06. The first-order valence-electron chi connectivity index (χ1n) is 7.29. The highest BCUT2D eigenvalue weighted by Crippen LogP contribution is 2.30. The van der Waals surface area contributed by atoms with E-state index in [-0.39, 0.29) is 11.2 Å². The fourth-order valence-corrected chi connectivity index (χ4v) is 2.72. The van der Waals surface area contributed by atoms with Crippen LogP contribution in [0.5, 0.6) is 0 Å². The van der Waals surface area contributed by atoms with Crippen molar-refractivity contribution in [2.24, 2.45) is 11.1 Å². The lowest BCUT2D eigenvalue weighted by Gasteiger charge is -2.32. The molecular weight excluding hydrogens is 251 g/mol. The second-order valence-electron chi connectivity index (χ2n) is 6.58. The van der Waals surface area contributed by atoms with Gasteiger partial charge in [0.1, 0.15) is 5.82 Å². The molecule has 20 heavy (non-hydrogen) atoms. The molecule has 0 saturated carbocycles. The molecule has 0 saturated heterocycles. The summed E-state index contributed by atoms with van der Waals surface area (Å²) in [5, 5.41) is 0. The van der Waals surface area contributed by atoms with Gasteiger partial charge in [-0.2, -0.15) is 0 Å². The molecule has 2 rings (SSSR count). The summed E-state index contributed by atoms with van der Waals surface area (Å²) < 4.78 is 13.4. The number of nitrogens with two attached hydrogens (primary N) is 1. The van der Waals surface area contributed by atoms with E-state index in [2.05, 4.69) is 31.7 Å². The van der Waals surface area contributed by atoms with Gasteiger partial charge in [-0.1, -0.05) is 38.5 Å². The molecule has 1 aromatic rings. The predicted molar refractivity (Wildman–Crippen MR) is 81.7 cm³/mol. The van der Waals surface area contributed by atoms with E-state index in [1.165, 1.54) is 11.6 Å². The molecule has 0 bridgehead atoms. The SMILES string of the molecule is CC(C)(C)C1=CCN(Cc2cc(F)ccc2CN)CC1. The molecule has 0 atom stereocenters. The molecule has 1 aromatic carbocycles. The van der Waals surface area contributed by atoms with Gasteiger partial charge in [0.05, 0.1) is 0 Å². The first kappa shape index (κ1) is 15.2. The first-order valence-corrected chi connectivity index (χ1v) is 7.29. The molecule has 2 N–H and O–H groups in total. The van der Waals surface area contributed by atoms with Crippen LogP contribution in [-0.4, -0.2) is 18.0 Å². The number of hydrogen-bond donors (Lipinski definition) is 1. The van der Waals surface area contributed by atoms with E-state index in [0.29, 0.717) is 6.54 Å². The highest BCUT2D eigenvalue weighted by atomic mass is 19.1. The van der Waals surface area contributed by atoms with E-state index in [9.17, 15) is 4.39 Å². The molecule has 0 radical (unpaired) electrons. The molecule has 0 fully saturated rings. The number of hydrogen-bond acceptors (Lipinski definition) is 2. The Labute approximate surface area is 121 Å². The van der Waals surface area contributed by atoms with Crippen molar-refractivity contribution in [3.63, 3.8) is 0 Å². The van der Waals surface area contributed by atoms with E-state index in [4.69, 9.17) is 5.73 Å². The van der Waals surface area contributed by atoms with Gasteiger partial charge in [0, 0.05) is 26.2 Å². The predicted octanol–water partition coefficient (Wildman–Crippen LogP) is 3.46. The van der Waals surface area contributed by atoms with Crippen LogP contribution in [0.25, 0.3) is 0 Å². The van der Waals surface area contributed by atoms with Crippen LogP contribution in [0.2, 0.25) is 0 Å². The molecule has 3 heteroatoms. The Morgan fingerprint density at radius 2 is 2.00 bits per heavy atom. The highest BCUT2D eigenvalue weighted by Gasteiger charge is 2.21. The minimum Gasteiger partial charge on any atom is -0.326 e. The summed E-state index contributed by atoms with van der Waals surface area (Å²) in [7, 11) is 0. The van der Waals surface area contributed by atoms with Gasteiger partial charge in [0.15, 0.2) is 0 Å². The van der Waals surface area contributed by atoms with Crippen LogP contribution < -0.4 is 5.73 Å². The number of halogens is 1. The maximum atomic E-state index is 13.4. The molecule has 1 aliphatic rings. The molecule has 0 aromatic heterocycles. The second-order valence-corrected chi connectivity index (χ2v) is 6.58. The van der Waals surface area contributed by atoms with Crippen LogP contribution in [0.4, 0.5) is 4.39 Å².